The Balaban J connectivity index is 2.08. The van der Waals surface area contributed by atoms with Gasteiger partial charge in [-0.05, 0) is 31.2 Å². The van der Waals surface area contributed by atoms with Gasteiger partial charge in [-0.2, -0.15) is 0 Å². The SMILES string of the molecule is O=C(N[C@H]1CCNC1)c1ccc(Br)cc1F. The summed E-state index contributed by atoms with van der Waals surface area (Å²) in [5.41, 5.74) is 0.0927. The average molecular weight is 287 g/mol. The largest absolute Gasteiger partial charge is 0.348 e. The summed E-state index contributed by atoms with van der Waals surface area (Å²) in [6, 6.07) is 4.54. The molecule has 2 N–H and O–H groups in total. The molecule has 1 aliphatic rings. The fourth-order valence-electron chi connectivity index (χ4n) is 1.71. The van der Waals surface area contributed by atoms with Gasteiger partial charge in [-0.25, -0.2) is 4.39 Å². The van der Waals surface area contributed by atoms with Gasteiger partial charge in [0.1, 0.15) is 5.82 Å². The van der Waals surface area contributed by atoms with Crippen LogP contribution in [0.5, 0.6) is 0 Å². The number of hydrogen-bond donors (Lipinski definition) is 2. The Labute approximate surface area is 102 Å². The van der Waals surface area contributed by atoms with Crippen LogP contribution in [0, 0.1) is 5.82 Å². The molecule has 3 nitrogen and oxygen atoms in total. The number of rotatable bonds is 2. The van der Waals surface area contributed by atoms with E-state index in [1.807, 2.05) is 0 Å². The molecule has 2 rings (SSSR count). The molecule has 0 radical (unpaired) electrons. The zero-order chi connectivity index (χ0) is 11.5. The molecular formula is C11H12BrFN2O. The van der Waals surface area contributed by atoms with E-state index in [4.69, 9.17) is 0 Å². The molecule has 1 heterocycles. The molecule has 16 heavy (non-hydrogen) atoms. The lowest BCUT2D eigenvalue weighted by atomic mass is 10.1. The molecule has 1 saturated heterocycles. The van der Waals surface area contributed by atoms with Crippen molar-refractivity contribution in [1.82, 2.24) is 10.6 Å². The highest BCUT2D eigenvalue weighted by atomic mass is 79.9. The van der Waals surface area contributed by atoms with Gasteiger partial charge in [-0.3, -0.25) is 4.79 Å². The van der Waals surface area contributed by atoms with E-state index in [1.165, 1.54) is 12.1 Å². The van der Waals surface area contributed by atoms with Gasteiger partial charge in [0, 0.05) is 17.1 Å². The number of halogens is 2. The maximum atomic E-state index is 13.5. The monoisotopic (exact) mass is 286 g/mol. The van der Waals surface area contributed by atoms with Crippen molar-refractivity contribution in [2.75, 3.05) is 13.1 Å². The molecule has 1 amide bonds. The van der Waals surface area contributed by atoms with Gasteiger partial charge in [-0.15, -0.1) is 0 Å². The summed E-state index contributed by atoms with van der Waals surface area (Å²) in [6.07, 6.45) is 0.893. The minimum atomic E-state index is -0.502. The Morgan fingerprint density at radius 3 is 3.00 bits per heavy atom. The summed E-state index contributed by atoms with van der Waals surface area (Å²) in [5.74, 6) is -0.850. The predicted octanol–water partition coefficient (Wildman–Crippen LogP) is 1.68. The van der Waals surface area contributed by atoms with Crippen LogP contribution in [0.2, 0.25) is 0 Å². The van der Waals surface area contributed by atoms with Crippen LogP contribution in [-0.4, -0.2) is 25.0 Å². The van der Waals surface area contributed by atoms with Crippen molar-refractivity contribution in [2.24, 2.45) is 0 Å². The Morgan fingerprint density at radius 2 is 2.38 bits per heavy atom. The van der Waals surface area contributed by atoms with Gasteiger partial charge in [0.15, 0.2) is 0 Å². The van der Waals surface area contributed by atoms with E-state index in [2.05, 4.69) is 26.6 Å². The summed E-state index contributed by atoms with van der Waals surface area (Å²) in [5, 5.41) is 5.94. The van der Waals surface area contributed by atoms with Crippen LogP contribution in [-0.2, 0) is 0 Å². The third kappa shape index (κ3) is 2.59. The molecule has 86 valence electrons. The van der Waals surface area contributed by atoms with Crippen molar-refractivity contribution in [2.45, 2.75) is 12.5 Å². The molecule has 1 atom stereocenters. The van der Waals surface area contributed by atoms with Crippen LogP contribution in [0.15, 0.2) is 22.7 Å². The molecule has 0 unspecified atom stereocenters. The fraction of sp³-hybridized carbons (Fsp3) is 0.364. The number of nitrogens with one attached hydrogen (secondary N) is 2. The number of benzene rings is 1. The van der Waals surface area contributed by atoms with E-state index in [0.29, 0.717) is 4.47 Å². The maximum Gasteiger partial charge on any atom is 0.254 e. The molecule has 1 aliphatic heterocycles. The van der Waals surface area contributed by atoms with E-state index in [-0.39, 0.29) is 17.5 Å². The van der Waals surface area contributed by atoms with Gasteiger partial charge < -0.3 is 10.6 Å². The third-order valence-corrected chi connectivity index (χ3v) is 3.06. The lowest BCUT2D eigenvalue weighted by molar-refractivity contribution is 0.0936. The zero-order valence-electron chi connectivity index (χ0n) is 8.59. The van der Waals surface area contributed by atoms with Crippen molar-refractivity contribution < 1.29 is 9.18 Å². The molecule has 1 aromatic rings. The van der Waals surface area contributed by atoms with Crippen LogP contribution in [0.25, 0.3) is 0 Å². The van der Waals surface area contributed by atoms with Crippen molar-refractivity contribution in [3.05, 3.63) is 34.1 Å². The first-order chi connectivity index (χ1) is 7.66. The highest BCUT2D eigenvalue weighted by Gasteiger charge is 2.19. The number of carbonyl (C=O) groups is 1. The summed E-state index contributed by atoms with van der Waals surface area (Å²) in [4.78, 5) is 11.7. The zero-order valence-corrected chi connectivity index (χ0v) is 10.2. The first-order valence-corrected chi connectivity index (χ1v) is 5.93. The van der Waals surface area contributed by atoms with Crippen molar-refractivity contribution in [1.29, 1.82) is 0 Å². The summed E-state index contributed by atoms with van der Waals surface area (Å²) in [7, 11) is 0. The minimum absolute atomic E-state index is 0.0927. The topological polar surface area (TPSA) is 41.1 Å². The molecular weight excluding hydrogens is 275 g/mol. The second-order valence-electron chi connectivity index (χ2n) is 3.79. The predicted molar refractivity (Wildman–Crippen MR) is 62.8 cm³/mol. The van der Waals surface area contributed by atoms with Crippen molar-refractivity contribution >= 4 is 21.8 Å². The van der Waals surface area contributed by atoms with Crippen LogP contribution in [0.3, 0.4) is 0 Å². The number of hydrogen-bond acceptors (Lipinski definition) is 2. The van der Waals surface area contributed by atoms with Gasteiger partial charge in [0.05, 0.1) is 5.56 Å². The Bertz CT molecular complexity index is 405. The summed E-state index contributed by atoms with van der Waals surface area (Å²) < 4.78 is 14.1. The average Bonchev–Trinajstić information content (AvgIpc) is 2.70. The Hall–Kier alpha value is -0.940. The second kappa shape index (κ2) is 4.93. The van der Waals surface area contributed by atoms with Gasteiger partial charge in [0.25, 0.3) is 5.91 Å². The number of carbonyl (C=O) groups excluding carboxylic acids is 1. The highest BCUT2D eigenvalue weighted by molar-refractivity contribution is 9.10. The highest BCUT2D eigenvalue weighted by Crippen LogP contribution is 2.15. The number of amides is 1. The molecule has 0 spiro atoms. The second-order valence-corrected chi connectivity index (χ2v) is 4.70. The van der Waals surface area contributed by atoms with E-state index >= 15 is 0 Å². The smallest absolute Gasteiger partial charge is 0.254 e. The lowest BCUT2D eigenvalue weighted by Crippen LogP contribution is -2.36. The summed E-state index contributed by atoms with van der Waals surface area (Å²) in [6.45, 7) is 1.65. The molecule has 0 bridgehead atoms. The fourth-order valence-corrected chi connectivity index (χ4v) is 2.05. The van der Waals surface area contributed by atoms with Crippen LogP contribution >= 0.6 is 15.9 Å². The Kier molecular flexibility index (Phi) is 3.56. The lowest BCUT2D eigenvalue weighted by Gasteiger charge is -2.11. The maximum absolute atomic E-state index is 13.5. The Morgan fingerprint density at radius 1 is 1.56 bits per heavy atom. The quantitative estimate of drug-likeness (QED) is 0.869. The van der Waals surface area contributed by atoms with E-state index < -0.39 is 5.82 Å². The molecule has 0 aromatic heterocycles. The molecule has 1 fully saturated rings. The van der Waals surface area contributed by atoms with E-state index in [9.17, 15) is 9.18 Å². The first-order valence-electron chi connectivity index (χ1n) is 5.13. The normalized spacial score (nSPS) is 19.8. The van der Waals surface area contributed by atoms with Gasteiger partial charge >= 0.3 is 0 Å². The molecule has 5 heteroatoms. The summed E-state index contributed by atoms with van der Waals surface area (Å²) >= 11 is 3.15. The molecule has 0 saturated carbocycles. The van der Waals surface area contributed by atoms with Gasteiger partial charge in [0.2, 0.25) is 0 Å². The van der Waals surface area contributed by atoms with Crippen molar-refractivity contribution in [3.63, 3.8) is 0 Å². The molecule has 1 aromatic carbocycles. The van der Waals surface area contributed by atoms with Crippen LogP contribution in [0.4, 0.5) is 4.39 Å². The van der Waals surface area contributed by atoms with Crippen molar-refractivity contribution in [3.8, 4) is 0 Å². The van der Waals surface area contributed by atoms with E-state index in [1.54, 1.807) is 6.07 Å². The van der Waals surface area contributed by atoms with Gasteiger partial charge in [-0.1, -0.05) is 15.9 Å². The van der Waals surface area contributed by atoms with E-state index in [0.717, 1.165) is 19.5 Å². The third-order valence-electron chi connectivity index (χ3n) is 2.57. The molecule has 0 aliphatic carbocycles. The minimum Gasteiger partial charge on any atom is -0.348 e. The van der Waals surface area contributed by atoms with Crippen LogP contribution in [0.1, 0.15) is 16.8 Å². The first kappa shape index (κ1) is 11.5. The standard InChI is InChI=1S/C11H12BrFN2O/c12-7-1-2-9(10(13)5-7)11(16)15-8-3-4-14-6-8/h1-2,5,8,14H,3-4,6H2,(H,15,16)/t8-/m0/s1. The van der Waals surface area contributed by atoms with Crippen LogP contribution < -0.4 is 10.6 Å².